The molecular formula is C74H142O6. The van der Waals surface area contributed by atoms with Gasteiger partial charge in [-0.3, -0.25) is 14.4 Å². The maximum absolute atomic E-state index is 13.0. The second kappa shape index (κ2) is 69.6. The minimum Gasteiger partial charge on any atom is -0.462 e. The van der Waals surface area contributed by atoms with Crippen molar-refractivity contribution in [3.05, 3.63) is 12.2 Å². The molecule has 0 rings (SSSR count). The first kappa shape index (κ1) is 78.1. The summed E-state index contributed by atoms with van der Waals surface area (Å²) >= 11 is 0. The first-order valence-electron chi connectivity index (χ1n) is 36.7. The Balaban J connectivity index is 4.19. The van der Waals surface area contributed by atoms with Gasteiger partial charge in [-0.1, -0.05) is 373 Å². The zero-order chi connectivity index (χ0) is 57.8. The van der Waals surface area contributed by atoms with Crippen LogP contribution in [0.4, 0.5) is 0 Å². The van der Waals surface area contributed by atoms with Crippen molar-refractivity contribution in [3.8, 4) is 0 Å². The highest BCUT2D eigenvalue weighted by atomic mass is 16.6. The Labute approximate surface area is 501 Å². The summed E-state index contributed by atoms with van der Waals surface area (Å²) in [5.41, 5.74) is 0. The Bertz CT molecular complexity index is 1250. The van der Waals surface area contributed by atoms with Gasteiger partial charge in [0.1, 0.15) is 13.2 Å². The average molecular weight is 1130 g/mol. The fraction of sp³-hybridized carbons (Fsp3) is 0.932. The van der Waals surface area contributed by atoms with E-state index in [1.165, 1.54) is 327 Å². The van der Waals surface area contributed by atoms with Crippen molar-refractivity contribution < 1.29 is 28.6 Å². The number of esters is 3. The van der Waals surface area contributed by atoms with Gasteiger partial charge in [-0.25, -0.2) is 0 Å². The van der Waals surface area contributed by atoms with Gasteiger partial charge in [0.05, 0.1) is 0 Å². The van der Waals surface area contributed by atoms with Gasteiger partial charge in [-0.15, -0.1) is 0 Å². The lowest BCUT2D eigenvalue weighted by Gasteiger charge is -2.18. The smallest absolute Gasteiger partial charge is 0.306 e. The number of hydrogen-bond acceptors (Lipinski definition) is 6. The number of allylic oxidation sites excluding steroid dienone is 2. The molecule has 0 aromatic rings. The molecular weight excluding hydrogens is 985 g/mol. The van der Waals surface area contributed by atoms with Gasteiger partial charge in [0.2, 0.25) is 0 Å². The van der Waals surface area contributed by atoms with Gasteiger partial charge >= 0.3 is 17.9 Å². The summed E-state index contributed by atoms with van der Waals surface area (Å²) in [5, 5.41) is 0. The second-order valence-electron chi connectivity index (χ2n) is 25.2. The molecule has 0 N–H and O–H groups in total. The number of hydrogen-bond donors (Lipinski definition) is 0. The SMILES string of the molecule is CCCCCCCC/C=C\CCCCCCCCCCCC(=O)OC(COC(=O)CCCCCCCCCCCCCCCCC)COC(=O)CCCCCCCCCCCCCCCCCCCCCCCCCCCCCC. The standard InChI is InChI=1S/C74H142O6/c1-4-7-10-13-16-19-22-25-28-30-32-33-34-35-36-37-38-39-40-42-43-46-49-52-55-58-61-64-67-73(76)79-70-71(69-78-72(75)66-63-60-57-54-51-48-45-27-24-21-18-15-12-9-6-3)80-74(77)68-65-62-59-56-53-50-47-44-41-31-29-26-23-20-17-14-11-8-5-2/h26,29,71H,4-25,27-28,30-70H2,1-3H3/b29-26-. The van der Waals surface area contributed by atoms with Crippen molar-refractivity contribution in [3.63, 3.8) is 0 Å². The molecule has 0 spiro atoms. The van der Waals surface area contributed by atoms with Gasteiger partial charge in [-0.05, 0) is 44.9 Å². The zero-order valence-electron chi connectivity index (χ0n) is 54.6. The quantitative estimate of drug-likeness (QED) is 0.0261. The Kier molecular flexibility index (Phi) is 68.0. The Hall–Kier alpha value is -1.85. The molecule has 6 nitrogen and oxygen atoms in total. The van der Waals surface area contributed by atoms with Gasteiger partial charge in [0.15, 0.2) is 6.10 Å². The molecule has 0 aromatic heterocycles. The van der Waals surface area contributed by atoms with E-state index < -0.39 is 6.10 Å². The Morgan fingerprint density at radius 1 is 0.237 bits per heavy atom. The fourth-order valence-corrected chi connectivity index (χ4v) is 11.5. The lowest BCUT2D eigenvalue weighted by Crippen LogP contribution is -2.30. The van der Waals surface area contributed by atoms with Crippen molar-refractivity contribution in [1.29, 1.82) is 0 Å². The fourth-order valence-electron chi connectivity index (χ4n) is 11.5. The van der Waals surface area contributed by atoms with Crippen LogP contribution in [-0.2, 0) is 28.6 Å². The molecule has 0 aliphatic carbocycles. The molecule has 0 aliphatic rings. The third-order valence-corrected chi connectivity index (χ3v) is 17.0. The predicted molar refractivity (Wildman–Crippen MR) is 349 cm³/mol. The Morgan fingerprint density at radius 3 is 0.625 bits per heavy atom. The highest BCUT2D eigenvalue weighted by Gasteiger charge is 2.20. The van der Waals surface area contributed by atoms with Gasteiger partial charge < -0.3 is 14.2 Å². The van der Waals surface area contributed by atoms with Gasteiger partial charge in [0.25, 0.3) is 0 Å². The van der Waals surface area contributed by atoms with Crippen molar-refractivity contribution in [2.45, 2.75) is 431 Å². The third-order valence-electron chi connectivity index (χ3n) is 17.0. The molecule has 0 saturated carbocycles. The van der Waals surface area contributed by atoms with Crippen LogP contribution in [0.5, 0.6) is 0 Å². The molecule has 0 aromatic carbocycles. The first-order valence-corrected chi connectivity index (χ1v) is 36.7. The largest absolute Gasteiger partial charge is 0.462 e. The number of carbonyl (C=O) groups excluding carboxylic acids is 3. The summed E-state index contributed by atoms with van der Waals surface area (Å²) in [6.45, 7) is 6.73. The van der Waals surface area contributed by atoms with E-state index in [-0.39, 0.29) is 31.1 Å². The molecule has 0 radical (unpaired) electrons. The van der Waals surface area contributed by atoms with Gasteiger partial charge in [0, 0.05) is 19.3 Å². The monoisotopic (exact) mass is 1130 g/mol. The summed E-state index contributed by atoms with van der Waals surface area (Å²) in [4.78, 5) is 38.5. The number of ether oxygens (including phenoxy) is 3. The number of unbranched alkanes of at least 4 members (excludes halogenated alkanes) is 56. The average Bonchev–Trinajstić information content (AvgIpc) is 3.46. The van der Waals surface area contributed by atoms with Crippen LogP contribution in [0.15, 0.2) is 12.2 Å². The molecule has 6 heteroatoms. The third kappa shape index (κ3) is 66.9. The van der Waals surface area contributed by atoms with Crippen LogP contribution in [-0.4, -0.2) is 37.2 Å². The molecule has 474 valence electrons. The van der Waals surface area contributed by atoms with E-state index in [0.717, 1.165) is 57.8 Å². The molecule has 0 amide bonds. The molecule has 1 unspecified atom stereocenters. The van der Waals surface area contributed by atoms with Crippen LogP contribution in [0.2, 0.25) is 0 Å². The minimum atomic E-state index is -0.768. The molecule has 0 bridgehead atoms. The summed E-state index contributed by atoms with van der Waals surface area (Å²) in [6.07, 6.45) is 83.9. The number of rotatable bonds is 69. The molecule has 0 saturated heterocycles. The van der Waals surface area contributed by atoms with E-state index in [0.29, 0.717) is 19.3 Å². The highest BCUT2D eigenvalue weighted by Crippen LogP contribution is 2.19. The maximum Gasteiger partial charge on any atom is 0.306 e. The summed E-state index contributed by atoms with van der Waals surface area (Å²) < 4.78 is 17.0. The van der Waals surface area contributed by atoms with E-state index in [1.807, 2.05) is 0 Å². The van der Waals surface area contributed by atoms with Crippen molar-refractivity contribution in [2.75, 3.05) is 13.2 Å². The van der Waals surface area contributed by atoms with E-state index in [9.17, 15) is 14.4 Å². The molecule has 0 fully saturated rings. The predicted octanol–water partition coefficient (Wildman–Crippen LogP) is 25.2. The van der Waals surface area contributed by atoms with Crippen LogP contribution in [0.1, 0.15) is 425 Å². The lowest BCUT2D eigenvalue weighted by atomic mass is 10.0. The van der Waals surface area contributed by atoms with Gasteiger partial charge in [-0.2, -0.15) is 0 Å². The first-order chi connectivity index (χ1) is 39.5. The van der Waals surface area contributed by atoms with Crippen LogP contribution in [0, 0.1) is 0 Å². The van der Waals surface area contributed by atoms with Crippen LogP contribution in [0.25, 0.3) is 0 Å². The second-order valence-corrected chi connectivity index (χ2v) is 25.2. The normalized spacial score (nSPS) is 12.0. The van der Waals surface area contributed by atoms with E-state index in [1.54, 1.807) is 0 Å². The molecule has 1 atom stereocenters. The maximum atomic E-state index is 13.0. The molecule has 0 aliphatic heterocycles. The summed E-state index contributed by atoms with van der Waals surface area (Å²) in [5.74, 6) is -0.828. The summed E-state index contributed by atoms with van der Waals surface area (Å²) in [7, 11) is 0. The summed E-state index contributed by atoms with van der Waals surface area (Å²) in [6, 6.07) is 0. The van der Waals surface area contributed by atoms with E-state index in [2.05, 4.69) is 32.9 Å². The number of carbonyl (C=O) groups is 3. The Morgan fingerprint density at radius 2 is 0.412 bits per heavy atom. The van der Waals surface area contributed by atoms with Crippen LogP contribution in [0.3, 0.4) is 0 Å². The highest BCUT2D eigenvalue weighted by molar-refractivity contribution is 5.71. The topological polar surface area (TPSA) is 78.9 Å². The van der Waals surface area contributed by atoms with Crippen LogP contribution >= 0.6 is 0 Å². The van der Waals surface area contributed by atoms with Crippen LogP contribution < -0.4 is 0 Å². The minimum absolute atomic E-state index is 0.0637. The van der Waals surface area contributed by atoms with Crippen molar-refractivity contribution in [2.24, 2.45) is 0 Å². The van der Waals surface area contributed by atoms with E-state index >= 15 is 0 Å². The lowest BCUT2D eigenvalue weighted by molar-refractivity contribution is -0.167. The molecule has 80 heavy (non-hydrogen) atoms. The van der Waals surface area contributed by atoms with E-state index in [4.69, 9.17) is 14.2 Å². The molecule has 0 heterocycles. The zero-order valence-corrected chi connectivity index (χ0v) is 54.6. The van der Waals surface area contributed by atoms with Crippen molar-refractivity contribution in [1.82, 2.24) is 0 Å². The van der Waals surface area contributed by atoms with Crippen molar-refractivity contribution >= 4 is 17.9 Å².